The monoisotopic (exact) mass is 428 g/mol. The van der Waals surface area contributed by atoms with Crippen molar-refractivity contribution in [2.75, 3.05) is 0 Å². The highest BCUT2D eigenvalue weighted by atomic mass is 16.3. The molecule has 0 heterocycles. The lowest BCUT2D eigenvalue weighted by atomic mass is 9.47. The highest BCUT2D eigenvalue weighted by Gasteiger charge is 2.58. The zero-order valence-electron chi connectivity index (χ0n) is 21.9. The molecule has 178 valence electrons. The summed E-state index contributed by atoms with van der Waals surface area (Å²) in [6.07, 6.45) is 18.6. The van der Waals surface area contributed by atoms with E-state index in [4.69, 9.17) is 0 Å². The van der Waals surface area contributed by atoms with Crippen LogP contribution in [0.1, 0.15) is 126 Å². The molecule has 1 heteroatoms. The van der Waals surface area contributed by atoms with Gasteiger partial charge in [-0.05, 0) is 116 Å². The van der Waals surface area contributed by atoms with E-state index in [1.165, 1.54) is 64.2 Å². The van der Waals surface area contributed by atoms with Gasteiger partial charge in [0, 0.05) is 0 Å². The van der Waals surface area contributed by atoms with E-state index in [9.17, 15) is 5.11 Å². The molecule has 0 saturated heterocycles. The second-order valence-electron chi connectivity index (χ2n) is 13.8. The Morgan fingerprint density at radius 2 is 1.81 bits per heavy atom. The molecule has 4 rings (SSSR count). The van der Waals surface area contributed by atoms with Gasteiger partial charge >= 0.3 is 0 Å². The molecule has 1 N–H and O–H groups in total. The van der Waals surface area contributed by atoms with Crippen LogP contribution in [-0.4, -0.2) is 10.7 Å². The molecule has 0 aromatic rings. The minimum atomic E-state index is -0.530. The lowest BCUT2D eigenvalue weighted by Gasteiger charge is -2.58. The molecule has 0 bridgehead atoms. The maximum absolute atomic E-state index is 11.3. The van der Waals surface area contributed by atoms with Crippen molar-refractivity contribution in [2.24, 2.45) is 45.8 Å². The van der Waals surface area contributed by atoms with Crippen molar-refractivity contribution in [1.82, 2.24) is 0 Å². The third kappa shape index (κ3) is 3.77. The number of aliphatic hydroxyl groups is 1. The molecule has 8 unspecified atom stereocenters. The van der Waals surface area contributed by atoms with E-state index in [0.717, 1.165) is 42.4 Å². The first kappa shape index (κ1) is 23.8. The predicted molar refractivity (Wildman–Crippen MR) is 133 cm³/mol. The second kappa shape index (κ2) is 8.18. The molecule has 4 aliphatic carbocycles. The van der Waals surface area contributed by atoms with Crippen LogP contribution in [0.15, 0.2) is 11.6 Å². The molecule has 0 radical (unpaired) electrons. The van der Waals surface area contributed by atoms with Crippen molar-refractivity contribution in [1.29, 1.82) is 0 Å². The molecule has 0 aromatic heterocycles. The lowest BCUT2D eigenvalue weighted by molar-refractivity contribution is -0.0783. The van der Waals surface area contributed by atoms with Gasteiger partial charge in [0.05, 0.1) is 5.60 Å². The topological polar surface area (TPSA) is 20.2 Å². The lowest BCUT2D eigenvalue weighted by Crippen LogP contribution is -2.50. The summed E-state index contributed by atoms with van der Waals surface area (Å²) in [5.74, 6) is 4.40. The van der Waals surface area contributed by atoms with Crippen molar-refractivity contribution < 1.29 is 5.11 Å². The van der Waals surface area contributed by atoms with Crippen molar-refractivity contribution in [3.05, 3.63) is 11.6 Å². The fourth-order valence-electron chi connectivity index (χ4n) is 9.42. The minimum absolute atomic E-state index is 0.0385. The van der Waals surface area contributed by atoms with Gasteiger partial charge in [-0.25, -0.2) is 0 Å². The third-order valence-electron chi connectivity index (χ3n) is 11.8. The first-order valence-corrected chi connectivity index (χ1v) is 13.9. The summed E-state index contributed by atoms with van der Waals surface area (Å²) in [5.41, 5.74) is 2.33. The zero-order valence-corrected chi connectivity index (χ0v) is 21.9. The summed E-state index contributed by atoms with van der Waals surface area (Å²) in [7, 11) is 0. The van der Waals surface area contributed by atoms with E-state index in [1.807, 2.05) is 5.57 Å². The summed E-state index contributed by atoms with van der Waals surface area (Å²) in [6.45, 7) is 16.7. The van der Waals surface area contributed by atoms with Gasteiger partial charge in [-0.1, -0.05) is 66.5 Å². The maximum Gasteiger partial charge on any atom is 0.0693 e. The van der Waals surface area contributed by atoms with E-state index in [0.29, 0.717) is 10.8 Å². The minimum Gasteiger partial charge on any atom is -0.389 e. The van der Waals surface area contributed by atoms with Gasteiger partial charge in [0.2, 0.25) is 0 Å². The molecule has 1 nitrogen and oxygen atoms in total. The zero-order chi connectivity index (χ0) is 22.7. The Kier molecular flexibility index (Phi) is 6.29. The molecule has 31 heavy (non-hydrogen) atoms. The highest BCUT2D eigenvalue weighted by Crippen LogP contribution is 2.67. The van der Waals surface area contributed by atoms with Gasteiger partial charge in [-0.2, -0.15) is 0 Å². The van der Waals surface area contributed by atoms with Crippen LogP contribution in [0.25, 0.3) is 0 Å². The van der Waals surface area contributed by atoms with Crippen LogP contribution in [0, 0.1) is 45.8 Å². The molecule has 0 aromatic carbocycles. The van der Waals surface area contributed by atoms with Crippen LogP contribution < -0.4 is 0 Å². The Hall–Kier alpha value is -0.300. The van der Waals surface area contributed by atoms with Gasteiger partial charge in [-0.15, -0.1) is 0 Å². The Morgan fingerprint density at radius 1 is 1.06 bits per heavy atom. The Labute approximate surface area is 193 Å². The molecule has 4 aliphatic rings. The Morgan fingerprint density at radius 3 is 2.48 bits per heavy atom. The third-order valence-corrected chi connectivity index (χ3v) is 11.8. The van der Waals surface area contributed by atoms with Crippen LogP contribution in [0.3, 0.4) is 0 Å². The SMILES string of the molecule is CCC(O)(CCC(C)C1CCC2C3CC=C4CCCCC4(C)C3CCC12C)C(C)(C)C. The second-order valence-corrected chi connectivity index (χ2v) is 13.8. The van der Waals surface area contributed by atoms with Gasteiger partial charge in [0.25, 0.3) is 0 Å². The van der Waals surface area contributed by atoms with Gasteiger partial charge in [0.15, 0.2) is 0 Å². The van der Waals surface area contributed by atoms with Crippen LogP contribution in [0.2, 0.25) is 0 Å². The van der Waals surface area contributed by atoms with Gasteiger partial charge < -0.3 is 5.11 Å². The van der Waals surface area contributed by atoms with Gasteiger partial charge in [0.1, 0.15) is 0 Å². The van der Waals surface area contributed by atoms with Crippen molar-refractivity contribution >= 4 is 0 Å². The summed E-state index contributed by atoms with van der Waals surface area (Å²) in [4.78, 5) is 0. The number of hydrogen-bond acceptors (Lipinski definition) is 1. The molecule has 3 saturated carbocycles. The van der Waals surface area contributed by atoms with E-state index < -0.39 is 5.60 Å². The highest BCUT2D eigenvalue weighted by molar-refractivity contribution is 5.24. The van der Waals surface area contributed by atoms with E-state index in [-0.39, 0.29) is 5.41 Å². The molecular weight excluding hydrogens is 376 g/mol. The fraction of sp³-hybridized carbons (Fsp3) is 0.933. The van der Waals surface area contributed by atoms with Crippen LogP contribution >= 0.6 is 0 Å². The van der Waals surface area contributed by atoms with Crippen molar-refractivity contribution in [3.8, 4) is 0 Å². The molecule has 0 spiro atoms. The van der Waals surface area contributed by atoms with Crippen LogP contribution in [0.5, 0.6) is 0 Å². The molecule has 0 aliphatic heterocycles. The van der Waals surface area contributed by atoms with Crippen LogP contribution in [-0.2, 0) is 0 Å². The fourth-order valence-corrected chi connectivity index (χ4v) is 9.42. The Balaban J connectivity index is 1.48. The molecule has 3 fully saturated rings. The average molecular weight is 429 g/mol. The predicted octanol–water partition coefficient (Wildman–Crippen LogP) is 8.56. The van der Waals surface area contributed by atoms with Crippen molar-refractivity contribution in [2.45, 2.75) is 131 Å². The average Bonchev–Trinajstić information content (AvgIpc) is 3.07. The normalized spacial score (nSPS) is 43.3. The largest absolute Gasteiger partial charge is 0.389 e. The molecule has 8 atom stereocenters. The standard InChI is InChI=1S/C30H52O/c1-8-30(31,27(3,4)5)20-16-21(2)24-14-15-25-23-13-12-22-11-9-10-18-28(22,6)26(23)17-19-29(24,25)7/h12,21,23-26,31H,8-11,13-20H2,1-7H3. The van der Waals surface area contributed by atoms with Crippen molar-refractivity contribution in [3.63, 3.8) is 0 Å². The van der Waals surface area contributed by atoms with E-state index in [2.05, 4.69) is 54.5 Å². The quantitative estimate of drug-likeness (QED) is 0.435. The Bertz CT molecular complexity index is 685. The molecular formula is C30H52O. The summed E-state index contributed by atoms with van der Waals surface area (Å²) in [6, 6.07) is 0. The van der Waals surface area contributed by atoms with Crippen LogP contribution in [0.4, 0.5) is 0 Å². The maximum atomic E-state index is 11.3. The number of hydrogen-bond donors (Lipinski definition) is 1. The number of rotatable bonds is 5. The summed E-state index contributed by atoms with van der Waals surface area (Å²) in [5, 5.41) is 11.3. The summed E-state index contributed by atoms with van der Waals surface area (Å²) >= 11 is 0. The van der Waals surface area contributed by atoms with E-state index >= 15 is 0 Å². The van der Waals surface area contributed by atoms with Gasteiger partial charge in [-0.3, -0.25) is 0 Å². The van der Waals surface area contributed by atoms with E-state index in [1.54, 1.807) is 0 Å². The number of fused-ring (bicyclic) bond motifs is 5. The smallest absolute Gasteiger partial charge is 0.0693 e. The summed E-state index contributed by atoms with van der Waals surface area (Å²) < 4.78 is 0. The molecule has 0 amide bonds. The first-order valence-electron chi connectivity index (χ1n) is 13.9. The first-order chi connectivity index (χ1) is 14.5. The number of allylic oxidation sites excluding steroid dienone is 2.